The zero-order valence-electron chi connectivity index (χ0n) is 15.6. The SMILES string of the molecule is C[C@]1(C(N)=O)COc2c1cc(C(=O)c1cccnc1)nc2-c1cc(Cl)c(F)cc1F. The second-order valence-electron chi connectivity index (χ2n) is 7.03. The number of fused-ring (bicyclic) bond motifs is 1. The molecule has 0 aliphatic carbocycles. The molecular formula is C21H14ClF2N3O3. The fourth-order valence-corrected chi connectivity index (χ4v) is 3.40. The highest BCUT2D eigenvalue weighted by Gasteiger charge is 2.44. The van der Waals surface area contributed by atoms with Crippen LogP contribution >= 0.6 is 11.6 Å². The monoisotopic (exact) mass is 429 g/mol. The number of hydrogen-bond acceptors (Lipinski definition) is 5. The van der Waals surface area contributed by atoms with E-state index in [0.717, 1.165) is 6.07 Å². The highest BCUT2D eigenvalue weighted by atomic mass is 35.5. The van der Waals surface area contributed by atoms with Crippen molar-refractivity contribution in [2.45, 2.75) is 12.3 Å². The number of hydrogen-bond donors (Lipinski definition) is 1. The van der Waals surface area contributed by atoms with Crippen molar-refractivity contribution in [3.05, 3.63) is 76.2 Å². The summed E-state index contributed by atoms with van der Waals surface area (Å²) >= 11 is 5.83. The summed E-state index contributed by atoms with van der Waals surface area (Å²) in [6.07, 6.45) is 2.86. The first-order valence-corrected chi connectivity index (χ1v) is 9.18. The Bertz CT molecular complexity index is 1200. The molecule has 3 aromatic rings. The summed E-state index contributed by atoms with van der Waals surface area (Å²) in [6.45, 7) is 1.44. The summed E-state index contributed by atoms with van der Waals surface area (Å²) in [7, 11) is 0. The van der Waals surface area contributed by atoms with Gasteiger partial charge in [0.1, 0.15) is 40.8 Å². The van der Waals surface area contributed by atoms with Crippen molar-refractivity contribution in [1.82, 2.24) is 9.97 Å². The third-order valence-electron chi connectivity index (χ3n) is 5.04. The van der Waals surface area contributed by atoms with E-state index in [2.05, 4.69) is 9.97 Å². The van der Waals surface area contributed by atoms with Crippen molar-refractivity contribution in [3.8, 4) is 17.0 Å². The average molecular weight is 430 g/mol. The van der Waals surface area contributed by atoms with E-state index in [0.29, 0.717) is 6.07 Å². The topological polar surface area (TPSA) is 95.2 Å². The molecule has 2 N–H and O–H groups in total. The van der Waals surface area contributed by atoms with Crippen LogP contribution in [0.4, 0.5) is 8.78 Å². The van der Waals surface area contributed by atoms with E-state index in [4.69, 9.17) is 22.1 Å². The van der Waals surface area contributed by atoms with E-state index in [-0.39, 0.29) is 45.5 Å². The molecule has 152 valence electrons. The van der Waals surface area contributed by atoms with E-state index in [1.807, 2.05) is 0 Å². The lowest BCUT2D eigenvalue weighted by Gasteiger charge is -2.18. The van der Waals surface area contributed by atoms with Gasteiger partial charge in [0.05, 0.1) is 5.02 Å². The zero-order chi connectivity index (χ0) is 21.6. The molecule has 3 heterocycles. The van der Waals surface area contributed by atoms with Gasteiger partial charge in [-0.1, -0.05) is 11.6 Å². The Morgan fingerprint density at radius 2 is 2.00 bits per heavy atom. The lowest BCUT2D eigenvalue weighted by Crippen LogP contribution is -2.39. The number of amides is 1. The molecule has 6 nitrogen and oxygen atoms in total. The van der Waals surface area contributed by atoms with E-state index >= 15 is 0 Å². The largest absolute Gasteiger partial charge is 0.489 e. The molecule has 9 heteroatoms. The number of rotatable bonds is 4. The van der Waals surface area contributed by atoms with Crippen LogP contribution < -0.4 is 10.5 Å². The minimum atomic E-state index is -1.27. The van der Waals surface area contributed by atoms with Gasteiger partial charge in [0, 0.05) is 35.2 Å². The molecule has 0 spiro atoms. The number of benzene rings is 1. The van der Waals surface area contributed by atoms with Gasteiger partial charge < -0.3 is 10.5 Å². The van der Waals surface area contributed by atoms with Crippen LogP contribution in [0.5, 0.6) is 5.75 Å². The third kappa shape index (κ3) is 3.09. The normalized spacial score (nSPS) is 17.3. The summed E-state index contributed by atoms with van der Waals surface area (Å²) in [5.41, 5.74) is 4.50. The van der Waals surface area contributed by atoms with Crippen LogP contribution in [0.25, 0.3) is 11.3 Å². The van der Waals surface area contributed by atoms with E-state index in [9.17, 15) is 18.4 Å². The van der Waals surface area contributed by atoms with Crippen LogP contribution in [0.2, 0.25) is 5.02 Å². The Hall–Kier alpha value is -3.39. The molecule has 1 aliphatic rings. The molecular weight excluding hydrogens is 416 g/mol. The smallest absolute Gasteiger partial charge is 0.231 e. The van der Waals surface area contributed by atoms with Gasteiger partial charge in [0.25, 0.3) is 0 Å². The van der Waals surface area contributed by atoms with E-state index in [1.54, 1.807) is 19.1 Å². The summed E-state index contributed by atoms with van der Waals surface area (Å²) in [5.74, 6) is -3.00. The van der Waals surface area contributed by atoms with Gasteiger partial charge in [-0.25, -0.2) is 13.8 Å². The summed E-state index contributed by atoms with van der Waals surface area (Å²) < 4.78 is 33.9. The van der Waals surface area contributed by atoms with Crippen molar-refractivity contribution >= 4 is 23.3 Å². The number of carbonyl (C=O) groups excluding carboxylic acids is 2. The van der Waals surface area contributed by atoms with Crippen molar-refractivity contribution in [1.29, 1.82) is 0 Å². The Balaban J connectivity index is 1.99. The van der Waals surface area contributed by atoms with E-state index < -0.39 is 28.7 Å². The number of aromatic nitrogens is 2. The number of ether oxygens (including phenoxy) is 1. The Morgan fingerprint density at radius 3 is 2.67 bits per heavy atom. The van der Waals surface area contributed by atoms with Crippen molar-refractivity contribution < 1.29 is 23.1 Å². The van der Waals surface area contributed by atoms with Crippen molar-refractivity contribution in [2.24, 2.45) is 5.73 Å². The highest BCUT2D eigenvalue weighted by Crippen LogP contribution is 2.45. The van der Waals surface area contributed by atoms with Crippen molar-refractivity contribution in [3.63, 3.8) is 0 Å². The second-order valence-corrected chi connectivity index (χ2v) is 7.44. The highest BCUT2D eigenvalue weighted by molar-refractivity contribution is 6.31. The fraction of sp³-hybridized carbons (Fsp3) is 0.143. The zero-order valence-corrected chi connectivity index (χ0v) is 16.3. The predicted octanol–water partition coefficient (Wildman–Crippen LogP) is 3.44. The molecule has 30 heavy (non-hydrogen) atoms. The maximum absolute atomic E-state index is 14.6. The average Bonchev–Trinajstić information content (AvgIpc) is 3.08. The Labute approximate surface area is 174 Å². The molecule has 1 amide bonds. The van der Waals surface area contributed by atoms with Gasteiger partial charge in [-0.15, -0.1) is 0 Å². The second kappa shape index (κ2) is 7.14. The van der Waals surface area contributed by atoms with Crippen LogP contribution in [0.3, 0.4) is 0 Å². The standard InChI is InChI=1S/C21H14ClF2N3O3/c1-21(20(25)29)9-30-19-12(21)6-16(18(28)10-3-2-4-26-8-10)27-17(19)11-5-13(22)15(24)7-14(11)23/h2-8H,9H2,1H3,(H2,25,29)/t21-/m0/s1. The van der Waals surface area contributed by atoms with Gasteiger partial charge >= 0.3 is 0 Å². The Kier molecular flexibility index (Phi) is 4.74. The summed E-state index contributed by atoms with van der Waals surface area (Å²) in [5, 5.41) is -0.332. The first-order valence-electron chi connectivity index (χ1n) is 8.80. The van der Waals surface area contributed by atoms with Crippen LogP contribution in [0.15, 0.2) is 42.7 Å². The minimum Gasteiger partial charge on any atom is -0.489 e. The van der Waals surface area contributed by atoms with Crippen LogP contribution in [0, 0.1) is 11.6 Å². The maximum atomic E-state index is 14.6. The fourth-order valence-electron chi connectivity index (χ4n) is 3.24. The molecule has 1 atom stereocenters. The number of pyridine rings is 2. The lowest BCUT2D eigenvalue weighted by molar-refractivity contribution is -0.123. The lowest BCUT2D eigenvalue weighted by atomic mass is 9.83. The molecule has 1 aromatic carbocycles. The first kappa shape index (κ1) is 19.9. The summed E-state index contributed by atoms with van der Waals surface area (Å²) in [6, 6.07) is 6.19. The number of ketones is 1. The number of nitrogens with two attached hydrogens (primary N) is 1. The first-order chi connectivity index (χ1) is 14.2. The van der Waals surface area contributed by atoms with Crippen LogP contribution in [-0.2, 0) is 10.2 Å². The van der Waals surface area contributed by atoms with Crippen LogP contribution in [-0.4, -0.2) is 28.3 Å². The molecule has 0 saturated heterocycles. The Morgan fingerprint density at radius 1 is 1.23 bits per heavy atom. The van der Waals surface area contributed by atoms with Crippen LogP contribution in [0.1, 0.15) is 28.5 Å². The van der Waals surface area contributed by atoms with Crippen molar-refractivity contribution in [2.75, 3.05) is 6.61 Å². The molecule has 4 rings (SSSR count). The number of primary amides is 1. The van der Waals surface area contributed by atoms with Gasteiger partial charge in [0.2, 0.25) is 11.7 Å². The van der Waals surface area contributed by atoms with Gasteiger partial charge in [-0.3, -0.25) is 14.6 Å². The van der Waals surface area contributed by atoms with E-state index in [1.165, 1.54) is 18.5 Å². The number of carbonyl (C=O) groups is 2. The maximum Gasteiger partial charge on any atom is 0.231 e. The number of nitrogens with zero attached hydrogens (tertiary/aromatic N) is 2. The van der Waals surface area contributed by atoms with Gasteiger partial charge in [0.15, 0.2) is 0 Å². The van der Waals surface area contributed by atoms with Gasteiger partial charge in [-0.2, -0.15) is 0 Å². The molecule has 0 fully saturated rings. The van der Waals surface area contributed by atoms with Gasteiger partial charge in [-0.05, 0) is 31.2 Å². The minimum absolute atomic E-state index is 0.0745. The predicted molar refractivity (Wildman–Crippen MR) is 104 cm³/mol. The summed E-state index contributed by atoms with van der Waals surface area (Å²) in [4.78, 5) is 33.3. The quantitative estimate of drug-likeness (QED) is 0.506. The molecule has 1 aliphatic heterocycles. The third-order valence-corrected chi connectivity index (χ3v) is 5.33. The molecule has 0 bridgehead atoms. The number of halogens is 3. The molecule has 2 aromatic heterocycles. The molecule has 0 radical (unpaired) electrons. The molecule has 0 unspecified atom stereocenters. The molecule has 0 saturated carbocycles.